The number of hydrogen-bond donors (Lipinski definition) is 1. The highest BCUT2D eigenvalue weighted by Gasteiger charge is 2.05. The molecule has 6 heteroatoms. The summed E-state index contributed by atoms with van der Waals surface area (Å²) in [7, 11) is 3.41. The summed E-state index contributed by atoms with van der Waals surface area (Å²) in [5.41, 5.74) is 0.878. The lowest BCUT2D eigenvalue weighted by Gasteiger charge is -2.14. The molecule has 0 saturated heterocycles. The number of nitrogens with one attached hydrogen (secondary N) is 1. The molecule has 0 spiro atoms. The van der Waals surface area contributed by atoms with E-state index in [0.717, 1.165) is 5.56 Å². The van der Waals surface area contributed by atoms with Gasteiger partial charge in [0.2, 0.25) is 11.9 Å². The van der Waals surface area contributed by atoms with Crippen molar-refractivity contribution in [2.75, 3.05) is 20.6 Å². The molecule has 5 nitrogen and oxygen atoms in total. The zero-order chi connectivity index (χ0) is 13.3. The highest BCUT2D eigenvalue weighted by atomic mass is 19.1. The number of likely N-dealkylation sites (N-methyl/N-ethyl adjacent to an activating group) is 2. The topological polar surface area (TPSA) is 62.3 Å². The average molecular weight is 241 g/mol. The molecule has 0 bridgehead atoms. The second-order valence-corrected chi connectivity index (χ2v) is 3.33. The molecular formula is C11H16FN3O2. The van der Waals surface area contributed by atoms with E-state index in [1.807, 2.05) is 18.7 Å². The van der Waals surface area contributed by atoms with E-state index < -0.39 is 5.95 Å². The lowest BCUT2D eigenvalue weighted by molar-refractivity contribution is -0.121. The standard InChI is InChI=1S/C10H14FN3O.CH2O/c1-12-10(15)7-14(2)6-8-3-4-9(11)13-5-8;1-2/h3-5H,6-7H2,1-2H3,(H,12,15);1H2. The van der Waals surface area contributed by atoms with E-state index in [1.165, 1.54) is 12.3 Å². The summed E-state index contributed by atoms with van der Waals surface area (Å²) < 4.78 is 12.5. The average Bonchev–Trinajstić information content (AvgIpc) is 2.34. The summed E-state index contributed by atoms with van der Waals surface area (Å²) in [5, 5.41) is 2.53. The summed E-state index contributed by atoms with van der Waals surface area (Å²) in [4.78, 5) is 24.4. The molecule has 1 N–H and O–H groups in total. The molecule has 0 aliphatic rings. The molecule has 0 aliphatic carbocycles. The Hall–Kier alpha value is -1.82. The largest absolute Gasteiger partial charge is 0.358 e. The predicted octanol–water partition coefficient (Wildman–Crippen LogP) is 0.214. The Balaban J connectivity index is 0.00000121. The summed E-state index contributed by atoms with van der Waals surface area (Å²) in [6.45, 7) is 2.88. The number of rotatable bonds is 4. The molecule has 1 amide bonds. The fraction of sp³-hybridized carbons (Fsp3) is 0.364. The quantitative estimate of drug-likeness (QED) is 0.766. The van der Waals surface area contributed by atoms with E-state index in [1.54, 1.807) is 13.1 Å². The van der Waals surface area contributed by atoms with E-state index in [0.29, 0.717) is 13.1 Å². The van der Waals surface area contributed by atoms with Crippen LogP contribution in [-0.2, 0) is 16.1 Å². The van der Waals surface area contributed by atoms with Crippen LogP contribution in [0, 0.1) is 5.95 Å². The fourth-order valence-corrected chi connectivity index (χ4v) is 1.19. The number of carbonyl (C=O) groups is 2. The lowest BCUT2D eigenvalue weighted by atomic mass is 10.2. The minimum absolute atomic E-state index is 0.0485. The van der Waals surface area contributed by atoms with E-state index in [2.05, 4.69) is 10.3 Å². The van der Waals surface area contributed by atoms with Crippen LogP contribution in [-0.4, -0.2) is 43.2 Å². The van der Waals surface area contributed by atoms with Crippen LogP contribution in [0.5, 0.6) is 0 Å². The van der Waals surface area contributed by atoms with Gasteiger partial charge in [-0.25, -0.2) is 4.98 Å². The van der Waals surface area contributed by atoms with Crippen molar-refractivity contribution in [3.05, 3.63) is 29.8 Å². The number of nitrogens with zero attached hydrogens (tertiary/aromatic N) is 2. The molecule has 0 aliphatic heterocycles. The van der Waals surface area contributed by atoms with Crippen molar-refractivity contribution in [1.82, 2.24) is 15.2 Å². The van der Waals surface area contributed by atoms with E-state index in [-0.39, 0.29) is 5.91 Å². The van der Waals surface area contributed by atoms with Crippen molar-refractivity contribution < 1.29 is 14.0 Å². The van der Waals surface area contributed by atoms with Crippen molar-refractivity contribution in [3.63, 3.8) is 0 Å². The molecule has 0 radical (unpaired) electrons. The summed E-state index contributed by atoms with van der Waals surface area (Å²) >= 11 is 0. The molecule has 0 unspecified atom stereocenters. The van der Waals surface area contributed by atoms with Crippen LogP contribution in [0.2, 0.25) is 0 Å². The van der Waals surface area contributed by atoms with Crippen LogP contribution in [0.1, 0.15) is 5.56 Å². The molecule has 1 aromatic heterocycles. The number of aromatic nitrogens is 1. The minimum Gasteiger partial charge on any atom is -0.358 e. The number of hydrogen-bond acceptors (Lipinski definition) is 4. The van der Waals surface area contributed by atoms with Gasteiger partial charge in [-0.3, -0.25) is 9.69 Å². The molecule has 0 saturated carbocycles. The van der Waals surface area contributed by atoms with Gasteiger partial charge in [0.15, 0.2) is 0 Å². The van der Waals surface area contributed by atoms with Gasteiger partial charge in [-0.1, -0.05) is 6.07 Å². The molecule has 17 heavy (non-hydrogen) atoms. The van der Waals surface area contributed by atoms with Gasteiger partial charge in [-0.15, -0.1) is 0 Å². The van der Waals surface area contributed by atoms with Gasteiger partial charge < -0.3 is 10.1 Å². The predicted molar refractivity (Wildman–Crippen MR) is 61.7 cm³/mol. The van der Waals surface area contributed by atoms with Gasteiger partial charge in [0.25, 0.3) is 0 Å². The van der Waals surface area contributed by atoms with E-state index in [4.69, 9.17) is 4.79 Å². The maximum Gasteiger partial charge on any atom is 0.233 e. The van der Waals surface area contributed by atoms with Gasteiger partial charge in [0.05, 0.1) is 6.54 Å². The number of pyridine rings is 1. The summed E-state index contributed by atoms with van der Waals surface area (Å²) in [5.74, 6) is -0.541. The molecule has 94 valence electrons. The van der Waals surface area contributed by atoms with Gasteiger partial charge in [-0.2, -0.15) is 4.39 Å². The Morgan fingerprint density at radius 1 is 1.53 bits per heavy atom. The Morgan fingerprint density at radius 2 is 2.18 bits per heavy atom. The molecule has 0 aromatic carbocycles. The first kappa shape index (κ1) is 15.2. The maximum atomic E-state index is 12.5. The number of amides is 1. The van der Waals surface area contributed by atoms with E-state index >= 15 is 0 Å². The smallest absolute Gasteiger partial charge is 0.233 e. The van der Waals surface area contributed by atoms with Crippen molar-refractivity contribution in [3.8, 4) is 0 Å². The highest BCUT2D eigenvalue weighted by molar-refractivity contribution is 5.77. The van der Waals surface area contributed by atoms with Gasteiger partial charge in [0, 0.05) is 19.8 Å². The first-order valence-electron chi connectivity index (χ1n) is 4.90. The molecule has 1 rings (SSSR count). The monoisotopic (exact) mass is 241 g/mol. The Bertz CT molecular complexity index is 343. The molecular weight excluding hydrogens is 225 g/mol. The first-order valence-corrected chi connectivity index (χ1v) is 4.90. The van der Waals surface area contributed by atoms with Gasteiger partial charge in [-0.05, 0) is 18.7 Å². The van der Waals surface area contributed by atoms with Crippen molar-refractivity contribution >= 4 is 12.7 Å². The van der Waals surface area contributed by atoms with Crippen molar-refractivity contribution in [2.45, 2.75) is 6.54 Å². The van der Waals surface area contributed by atoms with Crippen LogP contribution >= 0.6 is 0 Å². The Labute approximate surface area is 99.6 Å². The lowest BCUT2D eigenvalue weighted by Crippen LogP contribution is -2.32. The summed E-state index contributed by atoms with van der Waals surface area (Å²) in [6.07, 6.45) is 1.47. The molecule has 1 heterocycles. The van der Waals surface area contributed by atoms with Crippen LogP contribution in [0.25, 0.3) is 0 Å². The van der Waals surface area contributed by atoms with Crippen LogP contribution in [0.15, 0.2) is 18.3 Å². The van der Waals surface area contributed by atoms with Crippen LogP contribution < -0.4 is 5.32 Å². The molecule has 0 fully saturated rings. The highest BCUT2D eigenvalue weighted by Crippen LogP contribution is 2.02. The van der Waals surface area contributed by atoms with Crippen molar-refractivity contribution in [1.29, 1.82) is 0 Å². The van der Waals surface area contributed by atoms with E-state index in [9.17, 15) is 9.18 Å². The third-order valence-electron chi connectivity index (χ3n) is 1.93. The van der Waals surface area contributed by atoms with Gasteiger partial charge >= 0.3 is 0 Å². The van der Waals surface area contributed by atoms with Crippen LogP contribution in [0.3, 0.4) is 0 Å². The zero-order valence-electron chi connectivity index (χ0n) is 9.94. The zero-order valence-corrected chi connectivity index (χ0v) is 9.94. The maximum absolute atomic E-state index is 12.5. The number of halogens is 1. The van der Waals surface area contributed by atoms with Crippen molar-refractivity contribution in [2.24, 2.45) is 0 Å². The Kier molecular flexibility index (Phi) is 7.45. The third-order valence-corrected chi connectivity index (χ3v) is 1.93. The second kappa shape index (κ2) is 8.35. The Morgan fingerprint density at radius 3 is 2.65 bits per heavy atom. The van der Waals surface area contributed by atoms with Gasteiger partial charge in [0.1, 0.15) is 6.79 Å². The number of carbonyl (C=O) groups excluding carboxylic acids is 2. The third kappa shape index (κ3) is 6.36. The van der Waals surface area contributed by atoms with Crippen LogP contribution in [0.4, 0.5) is 4.39 Å². The summed E-state index contributed by atoms with van der Waals surface area (Å²) in [6, 6.07) is 2.96. The fourth-order valence-electron chi connectivity index (χ4n) is 1.19. The SMILES string of the molecule is C=O.CNC(=O)CN(C)Cc1ccc(F)nc1. The normalized spacial score (nSPS) is 9.41. The molecule has 1 aromatic rings. The second-order valence-electron chi connectivity index (χ2n) is 3.33. The minimum atomic E-state index is -0.493. The first-order chi connectivity index (χ1) is 8.11. The molecule has 0 atom stereocenters.